The molecule has 144 valence electrons. The predicted octanol–water partition coefficient (Wildman–Crippen LogP) is 3.80. The highest BCUT2D eigenvalue weighted by molar-refractivity contribution is 7.13. The number of nitrogens with zero attached hydrogens (tertiary/aromatic N) is 4. The number of hydrogen-bond donors (Lipinski definition) is 0. The van der Waals surface area contributed by atoms with E-state index < -0.39 is 0 Å². The monoisotopic (exact) mass is 392 g/mol. The van der Waals surface area contributed by atoms with Crippen LogP contribution >= 0.6 is 11.3 Å². The summed E-state index contributed by atoms with van der Waals surface area (Å²) in [5.41, 5.74) is 3.25. The summed E-state index contributed by atoms with van der Waals surface area (Å²) in [6.07, 6.45) is 4.38. The molecule has 3 aromatic rings. The molecule has 0 unspecified atom stereocenters. The first-order valence-electron chi connectivity index (χ1n) is 9.93. The topological polar surface area (TPSA) is 41.4 Å². The van der Waals surface area contributed by atoms with Gasteiger partial charge in [0, 0.05) is 37.4 Å². The Morgan fingerprint density at radius 3 is 2.82 bits per heavy atom. The molecule has 6 heteroatoms. The lowest BCUT2D eigenvalue weighted by Crippen LogP contribution is -2.58. The number of carbonyl (C=O) groups excluding carboxylic acids is 1. The number of carbonyl (C=O) groups is 1. The number of benzene rings is 1. The van der Waals surface area contributed by atoms with Crippen LogP contribution in [0.4, 0.5) is 0 Å². The van der Waals surface area contributed by atoms with Crippen molar-refractivity contribution in [3.8, 4) is 16.3 Å². The van der Waals surface area contributed by atoms with Crippen molar-refractivity contribution in [3.63, 3.8) is 0 Å². The van der Waals surface area contributed by atoms with Gasteiger partial charge in [-0.05, 0) is 43.3 Å². The van der Waals surface area contributed by atoms with Crippen molar-refractivity contribution >= 4 is 17.2 Å². The number of fused-ring (bicyclic) bond motifs is 1. The average molecular weight is 393 g/mol. The van der Waals surface area contributed by atoms with Crippen LogP contribution in [0.25, 0.3) is 16.3 Å². The molecule has 1 amide bonds. The molecule has 2 fully saturated rings. The quantitative estimate of drug-likeness (QED) is 0.678. The van der Waals surface area contributed by atoms with Crippen LogP contribution in [0.5, 0.6) is 0 Å². The second-order valence-corrected chi connectivity index (χ2v) is 8.64. The van der Waals surface area contributed by atoms with Gasteiger partial charge in [0.05, 0.1) is 16.6 Å². The maximum Gasteiger partial charge on any atom is 0.239 e. The van der Waals surface area contributed by atoms with Gasteiger partial charge in [-0.1, -0.05) is 24.3 Å². The van der Waals surface area contributed by atoms with E-state index in [0.717, 1.165) is 43.9 Å². The number of amides is 1. The minimum absolute atomic E-state index is 0.0781. The number of para-hydroxylation sites is 1. The standard InChI is InChI=1S/C22H24N4OS/c1-16-22(27)25-11-5-9-19(25)15-24(16)13-17-14-26(18-7-3-2-4-8-18)23-21(17)20-10-6-12-28-20/h2-4,6-8,10,12,14,16,19H,5,9,11,13,15H2,1H3/t16-,19-/m1/s1. The Bertz CT molecular complexity index is 966. The van der Waals surface area contributed by atoms with Crippen LogP contribution in [0.1, 0.15) is 25.3 Å². The van der Waals surface area contributed by atoms with Crippen molar-refractivity contribution in [1.82, 2.24) is 19.6 Å². The zero-order chi connectivity index (χ0) is 19.1. The van der Waals surface area contributed by atoms with Crippen molar-refractivity contribution < 1.29 is 4.79 Å². The summed E-state index contributed by atoms with van der Waals surface area (Å²) >= 11 is 1.71. The van der Waals surface area contributed by atoms with Crippen molar-refractivity contribution in [2.75, 3.05) is 13.1 Å². The SMILES string of the molecule is C[C@@H]1C(=O)N2CCC[C@@H]2CN1Cc1cn(-c2ccccc2)nc1-c1cccs1. The largest absolute Gasteiger partial charge is 0.337 e. The summed E-state index contributed by atoms with van der Waals surface area (Å²) in [7, 11) is 0. The van der Waals surface area contributed by atoms with Crippen LogP contribution in [0, 0.1) is 0 Å². The molecular formula is C22H24N4OS. The molecule has 0 radical (unpaired) electrons. The zero-order valence-corrected chi connectivity index (χ0v) is 16.8. The lowest BCUT2D eigenvalue weighted by atomic mass is 10.1. The second-order valence-electron chi connectivity index (χ2n) is 7.69. The molecule has 0 N–H and O–H groups in total. The van der Waals surface area contributed by atoms with Gasteiger partial charge in [0.15, 0.2) is 0 Å². The molecule has 4 heterocycles. The minimum Gasteiger partial charge on any atom is -0.337 e. The van der Waals surface area contributed by atoms with Crippen molar-refractivity contribution in [2.45, 2.75) is 38.4 Å². The molecule has 2 saturated heterocycles. The van der Waals surface area contributed by atoms with E-state index in [1.807, 2.05) is 29.8 Å². The fraction of sp³-hybridized carbons (Fsp3) is 0.364. The van der Waals surface area contributed by atoms with E-state index in [1.54, 1.807) is 11.3 Å². The highest BCUT2D eigenvalue weighted by Gasteiger charge is 2.40. The average Bonchev–Trinajstić information content (AvgIpc) is 3.46. The molecule has 2 aromatic heterocycles. The Hall–Kier alpha value is -2.44. The molecule has 0 spiro atoms. The van der Waals surface area contributed by atoms with Gasteiger partial charge in [0.2, 0.25) is 5.91 Å². The summed E-state index contributed by atoms with van der Waals surface area (Å²) in [4.78, 5) is 18.4. The molecule has 28 heavy (non-hydrogen) atoms. The first kappa shape index (κ1) is 17.6. The Kier molecular flexibility index (Phi) is 4.53. The molecule has 0 bridgehead atoms. The number of hydrogen-bond acceptors (Lipinski definition) is 4. The number of rotatable bonds is 4. The van der Waals surface area contributed by atoms with Gasteiger partial charge in [-0.3, -0.25) is 9.69 Å². The van der Waals surface area contributed by atoms with Gasteiger partial charge < -0.3 is 4.90 Å². The van der Waals surface area contributed by atoms with E-state index in [9.17, 15) is 4.79 Å². The number of thiophene rings is 1. The molecule has 0 saturated carbocycles. The highest BCUT2D eigenvalue weighted by Crippen LogP contribution is 2.31. The summed E-state index contributed by atoms with van der Waals surface area (Å²) < 4.78 is 1.96. The van der Waals surface area contributed by atoms with Gasteiger partial charge in [-0.2, -0.15) is 5.10 Å². The first-order chi connectivity index (χ1) is 13.7. The van der Waals surface area contributed by atoms with Gasteiger partial charge >= 0.3 is 0 Å². The highest BCUT2D eigenvalue weighted by atomic mass is 32.1. The lowest BCUT2D eigenvalue weighted by molar-refractivity contribution is -0.143. The molecule has 0 aliphatic carbocycles. The van der Waals surface area contributed by atoms with Crippen molar-refractivity contribution in [1.29, 1.82) is 0 Å². The van der Waals surface area contributed by atoms with Crippen LogP contribution in [-0.2, 0) is 11.3 Å². The third kappa shape index (κ3) is 3.06. The van der Waals surface area contributed by atoms with Crippen molar-refractivity contribution in [2.24, 2.45) is 0 Å². The Morgan fingerprint density at radius 1 is 1.18 bits per heavy atom. The fourth-order valence-corrected chi connectivity index (χ4v) is 5.16. The van der Waals surface area contributed by atoms with E-state index in [4.69, 9.17) is 5.10 Å². The second kappa shape index (κ2) is 7.18. The minimum atomic E-state index is -0.0781. The van der Waals surface area contributed by atoms with Gasteiger partial charge in [-0.15, -0.1) is 11.3 Å². The smallest absolute Gasteiger partial charge is 0.239 e. The molecule has 5 nitrogen and oxygen atoms in total. The van der Waals surface area contributed by atoms with Crippen LogP contribution in [0.2, 0.25) is 0 Å². The van der Waals surface area contributed by atoms with E-state index in [0.29, 0.717) is 6.04 Å². The normalized spacial score (nSPS) is 22.6. The summed E-state index contributed by atoms with van der Waals surface area (Å²) in [5, 5.41) is 6.99. The molecule has 2 atom stereocenters. The summed E-state index contributed by atoms with van der Waals surface area (Å²) in [6, 6.07) is 14.7. The van der Waals surface area contributed by atoms with Gasteiger partial charge in [-0.25, -0.2) is 4.68 Å². The third-order valence-corrected chi connectivity index (χ3v) is 6.83. The molecule has 5 rings (SSSR count). The molecule has 1 aromatic carbocycles. The summed E-state index contributed by atoms with van der Waals surface area (Å²) in [5.74, 6) is 0.280. The number of piperazine rings is 1. The third-order valence-electron chi connectivity index (χ3n) is 5.95. The van der Waals surface area contributed by atoms with Gasteiger partial charge in [0.1, 0.15) is 5.69 Å². The van der Waals surface area contributed by atoms with Crippen LogP contribution < -0.4 is 0 Å². The summed E-state index contributed by atoms with van der Waals surface area (Å²) in [6.45, 7) is 4.67. The Morgan fingerprint density at radius 2 is 2.04 bits per heavy atom. The Balaban J connectivity index is 1.49. The van der Waals surface area contributed by atoms with E-state index in [-0.39, 0.29) is 11.9 Å². The maximum atomic E-state index is 12.8. The van der Waals surface area contributed by atoms with Crippen LogP contribution in [-0.4, -0.2) is 50.7 Å². The van der Waals surface area contributed by atoms with Crippen LogP contribution in [0.15, 0.2) is 54.0 Å². The predicted molar refractivity (Wildman–Crippen MR) is 111 cm³/mol. The molecular weight excluding hydrogens is 368 g/mol. The van der Waals surface area contributed by atoms with E-state index in [1.165, 1.54) is 10.4 Å². The maximum absolute atomic E-state index is 12.8. The first-order valence-corrected chi connectivity index (χ1v) is 10.8. The Labute approximate surface area is 169 Å². The van der Waals surface area contributed by atoms with Crippen molar-refractivity contribution in [3.05, 3.63) is 59.6 Å². The van der Waals surface area contributed by atoms with E-state index in [2.05, 4.69) is 45.6 Å². The number of aromatic nitrogens is 2. The molecule has 2 aliphatic heterocycles. The molecule has 2 aliphatic rings. The fourth-order valence-electron chi connectivity index (χ4n) is 4.42. The van der Waals surface area contributed by atoms with Crippen LogP contribution in [0.3, 0.4) is 0 Å². The van der Waals surface area contributed by atoms with E-state index >= 15 is 0 Å². The zero-order valence-electron chi connectivity index (χ0n) is 16.0. The lowest BCUT2D eigenvalue weighted by Gasteiger charge is -2.41. The van der Waals surface area contributed by atoms with Gasteiger partial charge in [0.25, 0.3) is 0 Å².